The lowest BCUT2D eigenvalue weighted by Crippen LogP contribution is -2.56. The fourth-order valence-corrected chi connectivity index (χ4v) is 6.85. The van der Waals surface area contributed by atoms with Crippen LogP contribution in [0.5, 0.6) is 0 Å². The lowest BCUT2D eigenvalue weighted by molar-refractivity contribution is -0.140. The zero-order valence-electron chi connectivity index (χ0n) is 20.2. The highest BCUT2D eigenvalue weighted by atomic mass is 32.2. The monoisotopic (exact) mass is 519 g/mol. The summed E-state index contributed by atoms with van der Waals surface area (Å²) in [4.78, 5) is 41.4. The number of benzene rings is 1. The summed E-state index contributed by atoms with van der Waals surface area (Å²) in [5.41, 5.74) is 1.53. The summed E-state index contributed by atoms with van der Waals surface area (Å²) in [5, 5.41) is 0. The van der Waals surface area contributed by atoms with Gasteiger partial charge in [-0.3, -0.25) is 4.79 Å². The van der Waals surface area contributed by atoms with Crippen molar-refractivity contribution in [3.05, 3.63) is 43.9 Å². The van der Waals surface area contributed by atoms with Gasteiger partial charge < -0.3 is 14.4 Å². The molecule has 0 spiro atoms. The van der Waals surface area contributed by atoms with Gasteiger partial charge in [0.1, 0.15) is 9.81 Å². The summed E-state index contributed by atoms with van der Waals surface area (Å²) < 4.78 is 11.1. The standard InChI is InChI=1S/C25H29NO5S3/c1-7-30-22(28)19-20(23(29)31-8-2)34-24(33-19)18-15-11-9-10-12-16(15)26(17(27)13-14(3)4)25(5,6)21(18)32/h9-12,14H,7-8,13H2,1-6H3. The Labute approximate surface area is 214 Å². The van der Waals surface area contributed by atoms with Gasteiger partial charge in [-0.2, -0.15) is 0 Å². The Hall–Kier alpha value is -2.10. The number of nitrogens with zero attached hydrogens (tertiary/aromatic N) is 1. The number of carbonyl (C=O) groups is 3. The Bertz CT molecular complexity index is 1070. The van der Waals surface area contributed by atoms with Crippen molar-refractivity contribution in [1.29, 1.82) is 0 Å². The molecule has 6 nitrogen and oxygen atoms in total. The molecule has 2 aliphatic rings. The molecule has 1 amide bonds. The topological polar surface area (TPSA) is 72.9 Å². The smallest absolute Gasteiger partial charge is 0.346 e. The molecule has 34 heavy (non-hydrogen) atoms. The summed E-state index contributed by atoms with van der Waals surface area (Å²) in [6, 6.07) is 7.61. The Morgan fingerprint density at radius 2 is 1.53 bits per heavy atom. The first-order valence-electron chi connectivity index (χ1n) is 11.2. The molecule has 0 saturated carbocycles. The first-order valence-corrected chi connectivity index (χ1v) is 13.2. The van der Waals surface area contributed by atoms with E-state index >= 15 is 0 Å². The third kappa shape index (κ3) is 4.97. The van der Waals surface area contributed by atoms with Crippen molar-refractivity contribution in [2.75, 3.05) is 18.1 Å². The molecular formula is C25H29NO5S3. The number of para-hydroxylation sites is 1. The maximum Gasteiger partial charge on any atom is 0.346 e. The van der Waals surface area contributed by atoms with Crippen LogP contribution >= 0.6 is 35.7 Å². The van der Waals surface area contributed by atoms with Crippen LogP contribution in [-0.4, -0.2) is 41.5 Å². The number of amides is 1. The van der Waals surface area contributed by atoms with E-state index in [1.54, 1.807) is 18.7 Å². The predicted octanol–water partition coefficient (Wildman–Crippen LogP) is 5.71. The molecule has 3 rings (SSSR count). The van der Waals surface area contributed by atoms with Crippen LogP contribution in [0.15, 0.2) is 38.3 Å². The number of thiocarbonyl (C=S) groups is 1. The van der Waals surface area contributed by atoms with Gasteiger partial charge in [0.15, 0.2) is 0 Å². The summed E-state index contributed by atoms with van der Waals surface area (Å²) >= 11 is 8.31. The number of fused-ring (bicyclic) bond motifs is 1. The first kappa shape index (κ1) is 26.5. The Morgan fingerprint density at radius 3 is 2.03 bits per heavy atom. The quantitative estimate of drug-likeness (QED) is 0.269. The highest BCUT2D eigenvalue weighted by Gasteiger charge is 2.46. The zero-order chi connectivity index (χ0) is 25.2. The van der Waals surface area contributed by atoms with E-state index in [0.717, 1.165) is 16.8 Å². The van der Waals surface area contributed by atoms with Gasteiger partial charge in [0.2, 0.25) is 5.91 Å². The van der Waals surface area contributed by atoms with Crippen LogP contribution < -0.4 is 4.90 Å². The summed E-state index contributed by atoms with van der Waals surface area (Å²) in [5.74, 6) is -0.931. The molecule has 0 aliphatic carbocycles. The minimum absolute atomic E-state index is 0.00290. The van der Waals surface area contributed by atoms with Gasteiger partial charge in [-0.25, -0.2) is 9.59 Å². The molecule has 0 aromatic heterocycles. The molecule has 2 aliphatic heterocycles. The van der Waals surface area contributed by atoms with Crippen LogP contribution in [0, 0.1) is 5.92 Å². The van der Waals surface area contributed by atoms with E-state index in [9.17, 15) is 14.4 Å². The van der Waals surface area contributed by atoms with E-state index in [2.05, 4.69) is 0 Å². The van der Waals surface area contributed by atoms with Crippen molar-refractivity contribution in [2.24, 2.45) is 5.92 Å². The molecule has 0 radical (unpaired) electrons. The number of hydrogen-bond acceptors (Lipinski definition) is 8. The molecule has 0 N–H and O–H groups in total. The summed E-state index contributed by atoms with van der Waals surface area (Å²) in [6.07, 6.45) is 0.400. The number of ether oxygens (including phenoxy) is 2. The fourth-order valence-electron chi connectivity index (χ4n) is 3.86. The van der Waals surface area contributed by atoms with E-state index in [0.29, 0.717) is 15.5 Å². The molecule has 2 heterocycles. The van der Waals surface area contributed by atoms with E-state index in [1.807, 2.05) is 52.0 Å². The van der Waals surface area contributed by atoms with Gasteiger partial charge in [-0.15, -0.1) is 0 Å². The third-order valence-corrected chi connectivity index (χ3v) is 8.57. The maximum absolute atomic E-state index is 13.3. The molecule has 0 atom stereocenters. The third-order valence-electron chi connectivity index (χ3n) is 5.31. The number of hydrogen-bond donors (Lipinski definition) is 0. The highest BCUT2D eigenvalue weighted by molar-refractivity contribution is 8.29. The maximum atomic E-state index is 13.3. The van der Waals surface area contributed by atoms with Gasteiger partial charge in [-0.05, 0) is 39.7 Å². The Balaban J connectivity index is 2.16. The van der Waals surface area contributed by atoms with Crippen LogP contribution in [0.1, 0.15) is 53.5 Å². The van der Waals surface area contributed by atoms with Crippen LogP contribution in [0.3, 0.4) is 0 Å². The van der Waals surface area contributed by atoms with Gasteiger partial charge in [-0.1, -0.05) is 67.8 Å². The van der Waals surface area contributed by atoms with Crippen LogP contribution in [-0.2, 0) is 23.9 Å². The second-order valence-corrected chi connectivity index (χ2v) is 11.4. The van der Waals surface area contributed by atoms with Crippen LogP contribution in [0.25, 0.3) is 5.57 Å². The molecule has 0 fully saturated rings. The summed E-state index contributed by atoms with van der Waals surface area (Å²) in [7, 11) is 0. The molecule has 0 bridgehead atoms. The van der Waals surface area contributed by atoms with Crippen LogP contribution in [0.2, 0.25) is 0 Å². The van der Waals surface area contributed by atoms with Gasteiger partial charge in [0, 0.05) is 17.6 Å². The van der Waals surface area contributed by atoms with Gasteiger partial charge in [0.05, 0.1) is 33.5 Å². The fraction of sp³-hybridized carbons (Fsp3) is 0.440. The van der Waals surface area contributed by atoms with Crippen molar-refractivity contribution in [3.63, 3.8) is 0 Å². The van der Waals surface area contributed by atoms with Gasteiger partial charge >= 0.3 is 11.9 Å². The Morgan fingerprint density at radius 1 is 1.00 bits per heavy atom. The molecule has 1 aromatic carbocycles. The number of esters is 2. The van der Waals surface area contributed by atoms with Crippen molar-refractivity contribution >= 4 is 69.7 Å². The number of carbonyl (C=O) groups excluding carboxylic acids is 3. The number of anilines is 1. The SMILES string of the molecule is CCOC(=O)C1=C(C(=O)OCC)SC(=C2C(=S)C(C)(C)N(C(=O)CC(C)C)c3ccccc32)S1. The average Bonchev–Trinajstić information content (AvgIpc) is 3.19. The zero-order valence-corrected chi connectivity index (χ0v) is 22.7. The molecule has 9 heteroatoms. The highest BCUT2D eigenvalue weighted by Crippen LogP contribution is 2.56. The second-order valence-electron chi connectivity index (χ2n) is 8.70. The van der Waals surface area contributed by atoms with E-state index in [1.165, 1.54) is 23.5 Å². The van der Waals surface area contributed by atoms with Crippen molar-refractivity contribution in [2.45, 2.75) is 53.5 Å². The lowest BCUT2D eigenvalue weighted by Gasteiger charge is -2.45. The molecule has 1 aromatic rings. The average molecular weight is 520 g/mol. The van der Waals surface area contributed by atoms with Gasteiger partial charge in [0.25, 0.3) is 0 Å². The number of rotatable bonds is 6. The van der Waals surface area contributed by atoms with E-state index < -0.39 is 17.5 Å². The molecule has 182 valence electrons. The molecular weight excluding hydrogens is 490 g/mol. The Kier molecular flexibility index (Phi) is 8.31. The lowest BCUT2D eigenvalue weighted by atomic mass is 9.83. The van der Waals surface area contributed by atoms with E-state index in [4.69, 9.17) is 21.7 Å². The van der Waals surface area contributed by atoms with Crippen molar-refractivity contribution < 1.29 is 23.9 Å². The van der Waals surface area contributed by atoms with Crippen molar-refractivity contribution in [1.82, 2.24) is 0 Å². The summed E-state index contributed by atoms with van der Waals surface area (Å²) in [6.45, 7) is 11.7. The molecule has 0 unspecified atom stereocenters. The number of thioether (sulfide) groups is 2. The largest absolute Gasteiger partial charge is 0.462 e. The first-order chi connectivity index (χ1) is 16.0. The minimum atomic E-state index is -0.782. The van der Waals surface area contributed by atoms with Crippen LogP contribution in [0.4, 0.5) is 5.69 Å². The minimum Gasteiger partial charge on any atom is -0.462 e. The normalized spacial score (nSPS) is 17.3. The van der Waals surface area contributed by atoms with E-state index in [-0.39, 0.29) is 34.8 Å². The molecule has 0 saturated heterocycles. The predicted molar refractivity (Wildman–Crippen MR) is 142 cm³/mol. The second kappa shape index (κ2) is 10.7. The van der Waals surface area contributed by atoms with Crippen molar-refractivity contribution in [3.8, 4) is 0 Å².